The molecule has 3 aromatic rings. The van der Waals surface area contributed by atoms with E-state index in [2.05, 4.69) is 10.4 Å². The van der Waals surface area contributed by atoms with E-state index in [1.807, 2.05) is 24.3 Å². The third-order valence-corrected chi connectivity index (χ3v) is 4.76. The Bertz CT molecular complexity index is 1080. The average Bonchev–Trinajstić information content (AvgIpc) is 2.71. The smallest absolute Gasteiger partial charge is 0.266 e. The molecule has 0 fully saturated rings. The Labute approximate surface area is 178 Å². The minimum atomic E-state index is -0.224. The SMILES string of the molecule is COc1cccc(-c2ccc(=O)n(CCCC(=O)Nc3ccc(Cl)cc3Cl)n2)c1. The normalized spacial score (nSPS) is 10.6. The van der Waals surface area contributed by atoms with E-state index in [1.54, 1.807) is 31.4 Å². The average molecular weight is 432 g/mol. The summed E-state index contributed by atoms with van der Waals surface area (Å²) in [6.45, 7) is 0.318. The minimum absolute atomic E-state index is 0.203. The number of ether oxygens (including phenoxy) is 1. The van der Waals surface area contributed by atoms with Gasteiger partial charge in [-0.05, 0) is 42.8 Å². The van der Waals surface area contributed by atoms with Gasteiger partial charge in [-0.1, -0.05) is 35.3 Å². The number of benzene rings is 2. The van der Waals surface area contributed by atoms with E-state index in [0.29, 0.717) is 40.1 Å². The van der Waals surface area contributed by atoms with Crippen LogP contribution in [-0.2, 0) is 11.3 Å². The molecule has 0 radical (unpaired) electrons. The Hall–Kier alpha value is -2.83. The number of nitrogens with zero attached hydrogens (tertiary/aromatic N) is 2. The molecule has 0 aliphatic heterocycles. The van der Waals surface area contributed by atoms with E-state index >= 15 is 0 Å². The van der Waals surface area contributed by atoms with Crippen molar-refractivity contribution in [2.45, 2.75) is 19.4 Å². The van der Waals surface area contributed by atoms with Gasteiger partial charge in [-0.2, -0.15) is 5.10 Å². The molecule has 8 heteroatoms. The first kappa shape index (κ1) is 20.9. The predicted molar refractivity (Wildman–Crippen MR) is 115 cm³/mol. The summed E-state index contributed by atoms with van der Waals surface area (Å²) < 4.78 is 6.59. The summed E-state index contributed by atoms with van der Waals surface area (Å²) in [6, 6.07) is 15.4. The molecular weight excluding hydrogens is 413 g/mol. The summed E-state index contributed by atoms with van der Waals surface area (Å²) in [7, 11) is 1.59. The standard InChI is InChI=1S/C21H19Cl2N3O3/c1-29-16-5-2-4-14(12-16)18-9-10-21(28)26(25-18)11-3-6-20(27)24-19-8-7-15(22)13-17(19)23/h2,4-5,7-10,12-13H,3,6,11H2,1H3,(H,24,27). The van der Waals surface area contributed by atoms with E-state index < -0.39 is 0 Å². The van der Waals surface area contributed by atoms with Crippen LogP contribution in [0.1, 0.15) is 12.8 Å². The van der Waals surface area contributed by atoms with Crippen molar-refractivity contribution >= 4 is 34.8 Å². The van der Waals surface area contributed by atoms with Gasteiger partial charge >= 0.3 is 0 Å². The summed E-state index contributed by atoms with van der Waals surface area (Å²) in [5, 5.41) is 8.01. The fourth-order valence-electron chi connectivity index (χ4n) is 2.74. The van der Waals surface area contributed by atoms with Gasteiger partial charge in [0.25, 0.3) is 5.56 Å². The van der Waals surface area contributed by atoms with Crippen molar-refractivity contribution < 1.29 is 9.53 Å². The second-order valence-electron chi connectivity index (χ2n) is 6.29. The molecule has 1 aromatic heterocycles. The highest BCUT2D eigenvalue weighted by molar-refractivity contribution is 6.36. The Morgan fingerprint density at radius 2 is 1.97 bits per heavy atom. The molecule has 0 bridgehead atoms. The number of hydrogen-bond donors (Lipinski definition) is 1. The lowest BCUT2D eigenvalue weighted by molar-refractivity contribution is -0.116. The second-order valence-corrected chi connectivity index (χ2v) is 7.13. The van der Waals surface area contributed by atoms with Crippen LogP contribution in [0.15, 0.2) is 59.4 Å². The number of hydrogen-bond acceptors (Lipinski definition) is 4. The monoisotopic (exact) mass is 431 g/mol. The molecule has 0 aliphatic carbocycles. The van der Waals surface area contributed by atoms with E-state index in [-0.39, 0.29) is 17.9 Å². The van der Waals surface area contributed by atoms with E-state index in [4.69, 9.17) is 27.9 Å². The number of anilines is 1. The van der Waals surface area contributed by atoms with Crippen molar-refractivity contribution in [3.05, 3.63) is 75.0 Å². The molecule has 2 aromatic carbocycles. The molecule has 0 aliphatic rings. The highest BCUT2D eigenvalue weighted by Crippen LogP contribution is 2.25. The number of aromatic nitrogens is 2. The molecule has 0 saturated carbocycles. The first-order valence-corrected chi connectivity index (χ1v) is 9.69. The summed E-state index contributed by atoms with van der Waals surface area (Å²) >= 11 is 11.9. The number of carbonyl (C=O) groups is 1. The molecule has 1 amide bonds. The van der Waals surface area contributed by atoms with Crippen molar-refractivity contribution in [3.63, 3.8) is 0 Å². The van der Waals surface area contributed by atoms with Gasteiger partial charge in [0.1, 0.15) is 5.75 Å². The van der Waals surface area contributed by atoms with E-state index in [1.165, 1.54) is 10.7 Å². The first-order valence-electron chi connectivity index (χ1n) is 8.94. The van der Waals surface area contributed by atoms with Crippen LogP contribution >= 0.6 is 23.2 Å². The van der Waals surface area contributed by atoms with Gasteiger partial charge in [-0.15, -0.1) is 0 Å². The number of nitrogens with one attached hydrogen (secondary N) is 1. The number of carbonyl (C=O) groups excluding carboxylic acids is 1. The third-order valence-electron chi connectivity index (χ3n) is 4.21. The lowest BCUT2D eigenvalue weighted by Crippen LogP contribution is -2.23. The number of aryl methyl sites for hydroxylation is 1. The maximum atomic E-state index is 12.2. The number of methoxy groups -OCH3 is 1. The zero-order chi connectivity index (χ0) is 20.8. The van der Waals surface area contributed by atoms with Crippen LogP contribution in [0.3, 0.4) is 0 Å². The molecule has 0 unspecified atom stereocenters. The van der Waals surface area contributed by atoms with Gasteiger partial charge in [0.15, 0.2) is 0 Å². The van der Waals surface area contributed by atoms with Crippen LogP contribution in [0.4, 0.5) is 5.69 Å². The summed E-state index contributed by atoms with van der Waals surface area (Å²) in [6.07, 6.45) is 0.669. The van der Waals surface area contributed by atoms with Crippen molar-refractivity contribution in [2.75, 3.05) is 12.4 Å². The Morgan fingerprint density at radius 3 is 2.72 bits per heavy atom. The molecule has 1 heterocycles. The lowest BCUT2D eigenvalue weighted by Gasteiger charge is -2.09. The quantitative estimate of drug-likeness (QED) is 0.590. The maximum Gasteiger partial charge on any atom is 0.266 e. The molecule has 1 N–H and O–H groups in total. The van der Waals surface area contributed by atoms with Crippen molar-refractivity contribution in [1.29, 1.82) is 0 Å². The van der Waals surface area contributed by atoms with Gasteiger partial charge in [0.2, 0.25) is 5.91 Å². The molecule has 29 heavy (non-hydrogen) atoms. The lowest BCUT2D eigenvalue weighted by atomic mass is 10.1. The molecule has 0 saturated heterocycles. The minimum Gasteiger partial charge on any atom is -0.497 e. The summed E-state index contributed by atoms with van der Waals surface area (Å²) in [5.74, 6) is 0.505. The largest absolute Gasteiger partial charge is 0.497 e. The second kappa shape index (κ2) is 9.58. The summed E-state index contributed by atoms with van der Waals surface area (Å²) in [4.78, 5) is 24.3. The zero-order valence-corrected chi connectivity index (χ0v) is 17.2. The summed E-state index contributed by atoms with van der Waals surface area (Å²) in [5.41, 5.74) is 1.77. The van der Waals surface area contributed by atoms with Gasteiger partial charge < -0.3 is 10.1 Å². The van der Waals surface area contributed by atoms with Gasteiger partial charge in [0, 0.05) is 29.6 Å². The van der Waals surface area contributed by atoms with Gasteiger partial charge in [-0.3, -0.25) is 9.59 Å². The van der Waals surface area contributed by atoms with Crippen LogP contribution in [0, 0.1) is 0 Å². The third kappa shape index (κ3) is 5.59. The van der Waals surface area contributed by atoms with Crippen LogP contribution in [0.2, 0.25) is 10.0 Å². The van der Waals surface area contributed by atoms with Crippen LogP contribution in [0.5, 0.6) is 5.75 Å². The number of halogens is 2. The fraction of sp³-hybridized carbons (Fsp3) is 0.190. The molecule has 6 nitrogen and oxygen atoms in total. The van der Waals surface area contributed by atoms with Crippen LogP contribution in [-0.4, -0.2) is 22.8 Å². The molecule has 3 rings (SSSR count). The molecule has 150 valence electrons. The number of amides is 1. The Morgan fingerprint density at radius 1 is 1.14 bits per heavy atom. The van der Waals surface area contributed by atoms with Gasteiger partial charge in [0.05, 0.1) is 23.5 Å². The highest BCUT2D eigenvalue weighted by Gasteiger charge is 2.08. The fourth-order valence-corrected chi connectivity index (χ4v) is 3.19. The maximum absolute atomic E-state index is 12.2. The van der Waals surface area contributed by atoms with E-state index in [0.717, 1.165) is 5.56 Å². The Balaban J connectivity index is 1.63. The first-order chi connectivity index (χ1) is 14.0. The van der Waals surface area contributed by atoms with Crippen LogP contribution < -0.4 is 15.6 Å². The van der Waals surface area contributed by atoms with Gasteiger partial charge in [-0.25, -0.2) is 4.68 Å². The van der Waals surface area contributed by atoms with Crippen LogP contribution in [0.25, 0.3) is 11.3 Å². The Kier molecular flexibility index (Phi) is 6.90. The van der Waals surface area contributed by atoms with Crippen molar-refractivity contribution in [1.82, 2.24) is 9.78 Å². The van der Waals surface area contributed by atoms with Crippen molar-refractivity contribution in [2.24, 2.45) is 0 Å². The predicted octanol–water partition coefficient (Wildman–Crippen LogP) is 4.64. The number of rotatable bonds is 7. The molecule has 0 atom stereocenters. The zero-order valence-electron chi connectivity index (χ0n) is 15.7. The van der Waals surface area contributed by atoms with E-state index in [9.17, 15) is 9.59 Å². The van der Waals surface area contributed by atoms with Crippen molar-refractivity contribution in [3.8, 4) is 17.0 Å². The molecular formula is C21H19Cl2N3O3. The topological polar surface area (TPSA) is 73.2 Å². The molecule has 0 spiro atoms. The highest BCUT2D eigenvalue weighted by atomic mass is 35.5.